The van der Waals surface area contributed by atoms with E-state index in [-0.39, 0.29) is 17.6 Å². The van der Waals surface area contributed by atoms with Gasteiger partial charge in [-0.1, -0.05) is 26.0 Å². The molecular formula is C15H19NO2. The van der Waals surface area contributed by atoms with Crippen LogP contribution in [0.1, 0.15) is 53.0 Å². The Morgan fingerprint density at radius 3 is 2.72 bits per heavy atom. The fourth-order valence-electron chi connectivity index (χ4n) is 2.46. The number of benzene rings is 1. The first-order valence-electron chi connectivity index (χ1n) is 6.62. The fraction of sp³-hybridized carbons (Fsp3) is 0.467. The summed E-state index contributed by atoms with van der Waals surface area (Å²) in [6, 6.07) is 5.53. The van der Waals surface area contributed by atoms with E-state index in [1.165, 1.54) is 0 Å². The molecule has 96 valence electrons. The molecule has 1 aliphatic heterocycles. The van der Waals surface area contributed by atoms with Crippen molar-refractivity contribution in [1.29, 1.82) is 0 Å². The molecule has 1 aromatic carbocycles. The molecule has 0 saturated heterocycles. The van der Waals surface area contributed by atoms with E-state index in [1.54, 1.807) is 6.07 Å². The first-order chi connectivity index (χ1) is 8.67. The van der Waals surface area contributed by atoms with E-state index in [9.17, 15) is 9.59 Å². The highest BCUT2D eigenvalue weighted by atomic mass is 16.1. The van der Waals surface area contributed by atoms with Crippen LogP contribution in [0.3, 0.4) is 0 Å². The zero-order chi connectivity index (χ0) is 13.1. The minimum atomic E-state index is -0.0598. The molecule has 1 N–H and O–H groups in total. The summed E-state index contributed by atoms with van der Waals surface area (Å²) in [5.74, 6) is 0.159. The van der Waals surface area contributed by atoms with Gasteiger partial charge in [0.15, 0.2) is 5.78 Å². The molecule has 1 aromatic rings. The lowest BCUT2D eigenvalue weighted by Gasteiger charge is -2.18. The van der Waals surface area contributed by atoms with Crippen molar-refractivity contribution in [1.82, 2.24) is 5.32 Å². The average molecular weight is 245 g/mol. The molecule has 1 aliphatic rings. The summed E-state index contributed by atoms with van der Waals surface area (Å²) in [5, 5.41) is 2.81. The lowest BCUT2D eigenvalue weighted by Crippen LogP contribution is -2.32. The molecule has 3 heteroatoms. The highest BCUT2D eigenvalue weighted by molar-refractivity contribution is 6.02. The van der Waals surface area contributed by atoms with Crippen molar-refractivity contribution < 1.29 is 9.59 Å². The van der Waals surface area contributed by atoms with Crippen LogP contribution in [0.2, 0.25) is 0 Å². The number of hydrogen-bond donors (Lipinski definition) is 1. The monoisotopic (exact) mass is 245 g/mol. The predicted octanol–water partition coefficient (Wildman–Crippen LogP) is 2.59. The van der Waals surface area contributed by atoms with Crippen molar-refractivity contribution in [3.8, 4) is 0 Å². The lowest BCUT2D eigenvalue weighted by atomic mass is 9.90. The van der Waals surface area contributed by atoms with Crippen LogP contribution < -0.4 is 5.32 Å². The Morgan fingerprint density at radius 1 is 1.33 bits per heavy atom. The van der Waals surface area contributed by atoms with Gasteiger partial charge in [-0.05, 0) is 30.9 Å². The summed E-state index contributed by atoms with van der Waals surface area (Å²) in [6.45, 7) is 4.74. The van der Waals surface area contributed by atoms with Crippen LogP contribution in [0.15, 0.2) is 18.2 Å². The molecule has 1 heterocycles. The van der Waals surface area contributed by atoms with Crippen LogP contribution in [-0.2, 0) is 6.42 Å². The number of carbonyl (C=O) groups excluding carboxylic acids is 2. The third kappa shape index (κ3) is 2.30. The van der Waals surface area contributed by atoms with Crippen LogP contribution >= 0.6 is 0 Å². The van der Waals surface area contributed by atoms with Gasteiger partial charge in [-0.15, -0.1) is 0 Å². The van der Waals surface area contributed by atoms with Gasteiger partial charge in [0.1, 0.15) is 0 Å². The maximum absolute atomic E-state index is 12.3. The van der Waals surface area contributed by atoms with Gasteiger partial charge in [0.2, 0.25) is 0 Å². The number of hydrogen-bond acceptors (Lipinski definition) is 2. The number of carbonyl (C=O) groups is 2. The Balaban J connectivity index is 2.33. The first-order valence-corrected chi connectivity index (χ1v) is 6.62. The molecule has 0 radical (unpaired) electrons. The number of nitrogens with one attached hydrogen (secondary N) is 1. The second-order valence-corrected chi connectivity index (χ2v) is 4.76. The molecule has 0 aliphatic carbocycles. The van der Waals surface area contributed by atoms with E-state index in [0.717, 1.165) is 24.8 Å². The molecule has 0 aromatic heterocycles. The predicted molar refractivity (Wildman–Crippen MR) is 70.9 cm³/mol. The normalized spacial score (nSPS) is 14.3. The van der Waals surface area contributed by atoms with Crippen molar-refractivity contribution in [2.75, 3.05) is 6.54 Å². The second-order valence-electron chi connectivity index (χ2n) is 4.76. The minimum Gasteiger partial charge on any atom is -0.352 e. The van der Waals surface area contributed by atoms with Gasteiger partial charge in [-0.3, -0.25) is 9.59 Å². The van der Waals surface area contributed by atoms with Crippen LogP contribution in [0, 0.1) is 5.92 Å². The van der Waals surface area contributed by atoms with Gasteiger partial charge < -0.3 is 5.32 Å². The highest BCUT2D eigenvalue weighted by Crippen LogP contribution is 2.20. The zero-order valence-electron chi connectivity index (χ0n) is 11.0. The Labute approximate surface area is 108 Å². The summed E-state index contributed by atoms with van der Waals surface area (Å²) in [6.07, 6.45) is 2.54. The SMILES string of the molecule is CCC(CC)C(=O)c1ccc2c(c1)C(=O)NCC2. The van der Waals surface area contributed by atoms with Crippen molar-refractivity contribution >= 4 is 11.7 Å². The van der Waals surface area contributed by atoms with Gasteiger partial charge in [0.05, 0.1) is 0 Å². The van der Waals surface area contributed by atoms with Crippen molar-refractivity contribution in [2.24, 2.45) is 5.92 Å². The standard InChI is InChI=1S/C15H19NO2/c1-3-10(4-2)14(17)12-6-5-11-7-8-16-15(18)13(11)9-12/h5-6,9-10H,3-4,7-8H2,1-2H3,(H,16,18). The Hall–Kier alpha value is -1.64. The van der Waals surface area contributed by atoms with E-state index < -0.39 is 0 Å². The summed E-state index contributed by atoms with van der Waals surface area (Å²) < 4.78 is 0. The highest BCUT2D eigenvalue weighted by Gasteiger charge is 2.21. The molecule has 0 unspecified atom stereocenters. The zero-order valence-corrected chi connectivity index (χ0v) is 11.0. The van der Waals surface area contributed by atoms with Gasteiger partial charge >= 0.3 is 0 Å². The summed E-state index contributed by atoms with van der Waals surface area (Å²) in [7, 11) is 0. The number of ketones is 1. The minimum absolute atomic E-state index is 0.0598. The smallest absolute Gasteiger partial charge is 0.251 e. The lowest BCUT2D eigenvalue weighted by molar-refractivity contribution is 0.0913. The van der Waals surface area contributed by atoms with Crippen LogP contribution in [0.25, 0.3) is 0 Å². The molecule has 0 bridgehead atoms. The molecule has 0 spiro atoms. The largest absolute Gasteiger partial charge is 0.352 e. The van der Waals surface area contributed by atoms with E-state index in [0.29, 0.717) is 17.7 Å². The van der Waals surface area contributed by atoms with E-state index in [2.05, 4.69) is 5.32 Å². The molecule has 3 nitrogen and oxygen atoms in total. The van der Waals surface area contributed by atoms with Crippen LogP contribution in [0.4, 0.5) is 0 Å². The molecular weight excluding hydrogens is 226 g/mol. The van der Waals surface area contributed by atoms with Crippen LogP contribution in [-0.4, -0.2) is 18.2 Å². The number of Topliss-reactive ketones (excluding diaryl/α,β-unsaturated/α-hetero) is 1. The van der Waals surface area contributed by atoms with Crippen molar-refractivity contribution in [3.63, 3.8) is 0 Å². The summed E-state index contributed by atoms with van der Waals surface area (Å²) in [5.41, 5.74) is 2.37. The van der Waals surface area contributed by atoms with Gasteiger partial charge in [0.25, 0.3) is 5.91 Å². The maximum atomic E-state index is 12.3. The van der Waals surface area contributed by atoms with Gasteiger partial charge in [-0.25, -0.2) is 0 Å². The Morgan fingerprint density at radius 2 is 2.06 bits per heavy atom. The molecule has 2 rings (SSSR count). The molecule has 0 atom stereocenters. The number of amides is 1. The third-order valence-corrected chi connectivity index (χ3v) is 3.68. The van der Waals surface area contributed by atoms with Gasteiger partial charge in [0, 0.05) is 23.6 Å². The topological polar surface area (TPSA) is 46.2 Å². The fourth-order valence-corrected chi connectivity index (χ4v) is 2.46. The maximum Gasteiger partial charge on any atom is 0.251 e. The summed E-state index contributed by atoms with van der Waals surface area (Å²) in [4.78, 5) is 24.0. The first kappa shape index (κ1) is 12.8. The van der Waals surface area contributed by atoms with Gasteiger partial charge in [-0.2, -0.15) is 0 Å². The second kappa shape index (κ2) is 5.34. The molecule has 18 heavy (non-hydrogen) atoms. The number of rotatable bonds is 4. The van der Waals surface area contributed by atoms with E-state index in [1.807, 2.05) is 26.0 Å². The molecule has 0 fully saturated rings. The average Bonchev–Trinajstić information content (AvgIpc) is 2.40. The third-order valence-electron chi connectivity index (χ3n) is 3.68. The van der Waals surface area contributed by atoms with E-state index >= 15 is 0 Å². The van der Waals surface area contributed by atoms with Crippen molar-refractivity contribution in [2.45, 2.75) is 33.1 Å². The number of fused-ring (bicyclic) bond motifs is 1. The molecule has 1 amide bonds. The Kier molecular flexibility index (Phi) is 3.80. The quantitative estimate of drug-likeness (QED) is 0.829. The summed E-state index contributed by atoms with van der Waals surface area (Å²) >= 11 is 0. The Bertz CT molecular complexity index is 475. The van der Waals surface area contributed by atoms with Crippen LogP contribution in [0.5, 0.6) is 0 Å². The molecule has 0 saturated carbocycles. The van der Waals surface area contributed by atoms with Crippen molar-refractivity contribution in [3.05, 3.63) is 34.9 Å². The van der Waals surface area contributed by atoms with E-state index in [4.69, 9.17) is 0 Å².